The number of nitrogens with one attached hydrogen (secondary N) is 2. The number of carbonyl (C=O) groups is 2. The van der Waals surface area contributed by atoms with Crippen LogP contribution in [0.25, 0.3) is 0 Å². The molecular weight excluding hydrogens is 350 g/mol. The molecule has 0 unspecified atom stereocenters. The molecule has 0 radical (unpaired) electrons. The van der Waals surface area contributed by atoms with Crippen LogP contribution in [0.3, 0.4) is 0 Å². The maximum atomic E-state index is 12.1. The fraction of sp³-hybridized carbons (Fsp3) is 0.600. The van der Waals surface area contributed by atoms with Gasteiger partial charge in [0.2, 0.25) is 11.8 Å². The smallest absolute Gasteiger partial charge is 0.224 e. The fourth-order valence-electron chi connectivity index (χ4n) is 3.50. The zero-order valence-electron chi connectivity index (χ0n) is 15.5. The van der Waals surface area contributed by atoms with Gasteiger partial charge in [-0.2, -0.15) is 0 Å². The van der Waals surface area contributed by atoms with Gasteiger partial charge in [0, 0.05) is 31.6 Å². The second kappa shape index (κ2) is 9.93. The SMILES string of the molecule is CC(=O)N(Cc1ccc(NC(=O)CCC2CCNCC2)cc1)C1CC1.Cl. The van der Waals surface area contributed by atoms with Crippen LogP contribution in [0.1, 0.15) is 51.0 Å². The van der Waals surface area contributed by atoms with E-state index in [1.165, 1.54) is 12.8 Å². The fourth-order valence-corrected chi connectivity index (χ4v) is 3.50. The molecule has 1 aromatic rings. The molecule has 1 saturated heterocycles. The predicted octanol–water partition coefficient (Wildman–Crippen LogP) is 3.34. The number of hydrogen-bond donors (Lipinski definition) is 2. The van der Waals surface area contributed by atoms with E-state index in [2.05, 4.69) is 10.6 Å². The predicted molar refractivity (Wildman–Crippen MR) is 106 cm³/mol. The zero-order valence-corrected chi connectivity index (χ0v) is 16.3. The van der Waals surface area contributed by atoms with Gasteiger partial charge >= 0.3 is 0 Å². The summed E-state index contributed by atoms with van der Waals surface area (Å²) in [6.45, 7) is 4.44. The number of rotatable bonds is 7. The van der Waals surface area contributed by atoms with Crippen LogP contribution < -0.4 is 10.6 Å². The molecule has 0 aromatic heterocycles. The molecule has 0 bridgehead atoms. The van der Waals surface area contributed by atoms with Crippen LogP contribution in [0.15, 0.2) is 24.3 Å². The second-order valence-corrected chi connectivity index (χ2v) is 7.36. The van der Waals surface area contributed by atoms with Gasteiger partial charge in [0.15, 0.2) is 0 Å². The Labute approximate surface area is 162 Å². The minimum Gasteiger partial charge on any atom is -0.336 e. The first kappa shape index (κ1) is 20.7. The van der Waals surface area contributed by atoms with Crippen molar-refractivity contribution in [2.24, 2.45) is 5.92 Å². The van der Waals surface area contributed by atoms with E-state index in [4.69, 9.17) is 0 Å². The monoisotopic (exact) mass is 379 g/mol. The third kappa shape index (κ3) is 6.29. The Balaban J connectivity index is 0.00000243. The van der Waals surface area contributed by atoms with Crippen molar-refractivity contribution < 1.29 is 9.59 Å². The van der Waals surface area contributed by atoms with Gasteiger partial charge < -0.3 is 15.5 Å². The Morgan fingerprint density at radius 3 is 2.35 bits per heavy atom. The largest absolute Gasteiger partial charge is 0.336 e. The van der Waals surface area contributed by atoms with Gasteiger partial charge in [-0.1, -0.05) is 12.1 Å². The van der Waals surface area contributed by atoms with E-state index in [1.54, 1.807) is 6.92 Å². The van der Waals surface area contributed by atoms with Gasteiger partial charge in [-0.25, -0.2) is 0 Å². The van der Waals surface area contributed by atoms with Gasteiger partial charge in [-0.3, -0.25) is 9.59 Å². The molecule has 144 valence electrons. The van der Waals surface area contributed by atoms with Crippen molar-refractivity contribution in [3.05, 3.63) is 29.8 Å². The lowest BCUT2D eigenvalue weighted by molar-refractivity contribution is -0.130. The van der Waals surface area contributed by atoms with Gasteiger partial charge in [0.05, 0.1) is 0 Å². The topological polar surface area (TPSA) is 61.4 Å². The first-order valence-electron chi connectivity index (χ1n) is 9.48. The van der Waals surface area contributed by atoms with E-state index in [1.807, 2.05) is 29.2 Å². The number of halogens is 1. The minimum absolute atomic E-state index is 0. The summed E-state index contributed by atoms with van der Waals surface area (Å²) in [5, 5.41) is 6.34. The van der Waals surface area contributed by atoms with E-state index in [9.17, 15) is 9.59 Å². The van der Waals surface area contributed by atoms with E-state index in [0.29, 0.717) is 24.9 Å². The van der Waals surface area contributed by atoms with Crippen LogP contribution in [0, 0.1) is 5.92 Å². The van der Waals surface area contributed by atoms with Gasteiger partial charge in [0.25, 0.3) is 0 Å². The Bertz CT molecular complexity index is 596. The molecule has 2 N–H and O–H groups in total. The molecule has 0 atom stereocenters. The lowest BCUT2D eigenvalue weighted by atomic mass is 9.93. The number of piperidine rings is 1. The van der Waals surface area contributed by atoms with Crippen LogP contribution in [-0.4, -0.2) is 35.8 Å². The van der Waals surface area contributed by atoms with Crippen LogP contribution in [0.4, 0.5) is 5.69 Å². The average molecular weight is 380 g/mol. The molecular formula is C20H30ClN3O2. The molecule has 1 aliphatic carbocycles. The van der Waals surface area contributed by atoms with Crippen molar-refractivity contribution in [2.45, 2.75) is 58.0 Å². The molecule has 0 spiro atoms. The van der Waals surface area contributed by atoms with Crippen molar-refractivity contribution in [2.75, 3.05) is 18.4 Å². The van der Waals surface area contributed by atoms with Crippen molar-refractivity contribution in [1.29, 1.82) is 0 Å². The van der Waals surface area contributed by atoms with Crippen molar-refractivity contribution in [3.63, 3.8) is 0 Å². The molecule has 1 heterocycles. The van der Waals surface area contributed by atoms with Crippen molar-refractivity contribution in [1.82, 2.24) is 10.2 Å². The van der Waals surface area contributed by atoms with Gasteiger partial charge in [-0.05, 0) is 68.8 Å². The third-order valence-electron chi connectivity index (χ3n) is 5.22. The summed E-state index contributed by atoms with van der Waals surface area (Å²) < 4.78 is 0. The number of hydrogen-bond acceptors (Lipinski definition) is 3. The minimum atomic E-state index is 0. The van der Waals surface area contributed by atoms with Crippen LogP contribution in [0.5, 0.6) is 0 Å². The Kier molecular flexibility index (Phi) is 7.91. The summed E-state index contributed by atoms with van der Waals surface area (Å²) in [4.78, 5) is 25.8. The zero-order chi connectivity index (χ0) is 17.6. The number of nitrogens with zero attached hydrogens (tertiary/aromatic N) is 1. The maximum absolute atomic E-state index is 12.1. The molecule has 5 nitrogen and oxygen atoms in total. The molecule has 2 fully saturated rings. The standard InChI is InChI=1S/C20H29N3O2.ClH/c1-15(24)23(19-7-8-19)14-17-2-5-18(6-3-17)22-20(25)9-4-16-10-12-21-13-11-16;/h2-3,5-6,16,19,21H,4,7-14H2,1H3,(H,22,25);1H. The van der Waals surface area contributed by atoms with E-state index < -0.39 is 0 Å². The molecule has 3 rings (SSSR count). The molecule has 2 amide bonds. The summed E-state index contributed by atoms with van der Waals surface area (Å²) in [5.41, 5.74) is 1.94. The number of anilines is 1. The molecule has 1 saturated carbocycles. The average Bonchev–Trinajstić information content (AvgIpc) is 3.45. The summed E-state index contributed by atoms with van der Waals surface area (Å²) >= 11 is 0. The van der Waals surface area contributed by atoms with E-state index in [0.717, 1.165) is 43.6 Å². The molecule has 1 aliphatic heterocycles. The quantitative estimate of drug-likeness (QED) is 0.763. The number of amides is 2. The molecule has 2 aliphatic rings. The highest BCUT2D eigenvalue weighted by Crippen LogP contribution is 2.28. The van der Waals surface area contributed by atoms with Gasteiger partial charge in [-0.15, -0.1) is 12.4 Å². The second-order valence-electron chi connectivity index (χ2n) is 7.36. The molecule has 6 heteroatoms. The highest BCUT2D eigenvalue weighted by molar-refractivity contribution is 5.90. The van der Waals surface area contributed by atoms with Crippen LogP contribution >= 0.6 is 12.4 Å². The Hall–Kier alpha value is -1.59. The molecule has 26 heavy (non-hydrogen) atoms. The third-order valence-corrected chi connectivity index (χ3v) is 5.22. The number of benzene rings is 1. The summed E-state index contributed by atoms with van der Waals surface area (Å²) in [6, 6.07) is 8.29. The van der Waals surface area contributed by atoms with Crippen molar-refractivity contribution >= 4 is 29.9 Å². The summed E-state index contributed by atoms with van der Waals surface area (Å²) in [5.74, 6) is 0.904. The van der Waals surface area contributed by atoms with Crippen molar-refractivity contribution in [3.8, 4) is 0 Å². The Morgan fingerprint density at radius 2 is 1.77 bits per heavy atom. The van der Waals surface area contributed by atoms with Gasteiger partial charge in [0.1, 0.15) is 0 Å². The first-order chi connectivity index (χ1) is 12.1. The highest BCUT2D eigenvalue weighted by atomic mass is 35.5. The lowest BCUT2D eigenvalue weighted by Gasteiger charge is -2.22. The Morgan fingerprint density at radius 1 is 1.12 bits per heavy atom. The number of carbonyl (C=O) groups excluding carboxylic acids is 2. The summed E-state index contributed by atoms with van der Waals surface area (Å²) in [7, 11) is 0. The molecule has 1 aromatic carbocycles. The van der Waals surface area contributed by atoms with E-state index in [-0.39, 0.29) is 24.2 Å². The maximum Gasteiger partial charge on any atom is 0.224 e. The summed E-state index contributed by atoms with van der Waals surface area (Å²) in [6.07, 6.45) is 6.15. The lowest BCUT2D eigenvalue weighted by Crippen LogP contribution is -2.30. The van der Waals surface area contributed by atoms with Crippen LogP contribution in [-0.2, 0) is 16.1 Å². The van der Waals surface area contributed by atoms with E-state index >= 15 is 0 Å². The highest BCUT2D eigenvalue weighted by Gasteiger charge is 2.30. The normalized spacial score (nSPS) is 17.3. The van der Waals surface area contributed by atoms with Crippen LogP contribution in [0.2, 0.25) is 0 Å². The first-order valence-corrected chi connectivity index (χ1v) is 9.48.